The van der Waals surface area contributed by atoms with Crippen molar-refractivity contribution >= 4 is 17.2 Å². The Balaban J connectivity index is 2.05. The van der Waals surface area contributed by atoms with Gasteiger partial charge >= 0.3 is 0 Å². The number of nitrogens with one attached hydrogen (secondary N) is 1. The van der Waals surface area contributed by atoms with Crippen molar-refractivity contribution in [2.75, 3.05) is 20.8 Å². The van der Waals surface area contributed by atoms with Gasteiger partial charge in [-0.3, -0.25) is 4.79 Å². The van der Waals surface area contributed by atoms with Crippen molar-refractivity contribution in [1.82, 2.24) is 10.3 Å². The molecule has 0 aliphatic carbocycles. The molecule has 2 rings (SSSR count). The number of thiazole rings is 1. The van der Waals surface area contributed by atoms with Crippen LogP contribution in [0.25, 0.3) is 10.6 Å². The molecule has 1 atom stereocenters. The Labute approximate surface area is 145 Å². The third-order valence-electron chi connectivity index (χ3n) is 3.35. The first kappa shape index (κ1) is 17.8. The molecule has 1 N–H and O–H groups in total. The van der Waals surface area contributed by atoms with Gasteiger partial charge in [-0.15, -0.1) is 11.3 Å². The highest BCUT2D eigenvalue weighted by molar-refractivity contribution is 7.13. The number of hydrogen-bond acceptors (Lipinski definition) is 6. The van der Waals surface area contributed by atoms with Gasteiger partial charge in [0.1, 0.15) is 5.01 Å². The van der Waals surface area contributed by atoms with Crippen molar-refractivity contribution in [3.8, 4) is 28.1 Å². The minimum absolute atomic E-state index is 0.138. The lowest BCUT2D eigenvalue weighted by molar-refractivity contribution is -0.120. The van der Waals surface area contributed by atoms with E-state index in [0.29, 0.717) is 23.7 Å². The third kappa shape index (κ3) is 4.46. The second-order valence-electron chi connectivity index (χ2n) is 5.22. The van der Waals surface area contributed by atoms with E-state index in [2.05, 4.69) is 16.4 Å². The quantitative estimate of drug-likeness (QED) is 0.834. The maximum absolute atomic E-state index is 11.9. The van der Waals surface area contributed by atoms with Crippen LogP contribution in [0, 0.1) is 17.2 Å². The molecule has 0 spiro atoms. The normalized spacial score (nSPS) is 11.4. The fourth-order valence-corrected chi connectivity index (χ4v) is 2.85. The molecule has 1 heterocycles. The predicted octanol–water partition coefficient (Wildman–Crippen LogP) is 2.65. The second kappa shape index (κ2) is 8.31. The van der Waals surface area contributed by atoms with Gasteiger partial charge in [0.05, 0.1) is 38.3 Å². The van der Waals surface area contributed by atoms with Crippen molar-refractivity contribution in [2.24, 2.45) is 5.92 Å². The molecule has 24 heavy (non-hydrogen) atoms. The van der Waals surface area contributed by atoms with Crippen LogP contribution in [0.2, 0.25) is 0 Å². The smallest absolute Gasteiger partial charge is 0.226 e. The summed E-state index contributed by atoms with van der Waals surface area (Å²) in [6, 6.07) is 7.66. The molecule has 0 aliphatic heterocycles. The number of benzene rings is 1. The zero-order valence-electron chi connectivity index (χ0n) is 13.8. The number of methoxy groups -OCH3 is 2. The topological polar surface area (TPSA) is 84.2 Å². The fourth-order valence-electron chi connectivity index (χ4n) is 2.03. The van der Waals surface area contributed by atoms with Crippen LogP contribution >= 0.6 is 11.3 Å². The van der Waals surface area contributed by atoms with E-state index in [9.17, 15) is 4.79 Å². The summed E-state index contributed by atoms with van der Waals surface area (Å²) < 4.78 is 10.5. The summed E-state index contributed by atoms with van der Waals surface area (Å²) in [5.41, 5.74) is 1.61. The molecule has 1 aromatic heterocycles. The largest absolute Gasteiger partial charge is 0.493 e. The van der Waals surface area contributed by atoms with Gasteiger partial charge in [0.15, 0.2) is 11.5 Å². The summed E-state index contributed by atoms with van der Waals surface area (Å²) in [6.07, 6.45) is 0.196. The van der Waals surface area contributed by atoms with Crippen LogP contribution in [0.5, 0.6) is 11.5 Å². The molecule has 1 aromatic carbocycles. The van der Waals surface area contributed by atoms with Gasteiger partial charge in [-0.2, -0.15) is 5.26 Å². The van der Waals surface area contributed by atoms with E-state index >= 15 is 0 Å². The molecule has 0 fully saturated rings. The highest BCUT2D eigenvalue weighted by atomic mass is 32.1. The molecule has 0 saturated heterocycles. The lowest BCUT2D eigenvalue weighted by Crippen LogP contribution is -2.29. The zero-order chi connectivity index (χ0) is 17.5. The number of hydrogen-bond donors (Lipinski definition) is 1. The van der Waals surface area contributed by atoms with E-state index in [0.717, 1.165) is 10.6 Å². The van der Waals surface area contributed by atoms with E-state index in [1.54, 1.807) is 21.1 Å². The van der Waals surface area contributed by atoms with Crippen molar-refractivity contribution in [3.05, 3.63) is 29.3 Å². The second-order valence-corrected chi connectivity index (χ2v) is 6.08. The molecular formula is C17H19N3O3S. The third-order valence-corrected chi connectivity index (χ3v) is 4.29. The molecule has 2 aromatic rings. The van der Waals surface area contributed by atoms with Crippen LogP contribution in [-0.4, -0.2) is 31.7 Å². The maximum Gasteiger partial charge on any atom is 0.226 e. The highest BCUT2D eigenvalue weighted by Gasteiger charge is 2.12. The Kier molecular flexibility index (Phi) is 6.15. The number of nitrogens with zero attached hydrogens (tertiary/aromatic N) is 2. The number of rotatable bonds is 7. The number of nitriles is 1. The fraction of sp³-hybridized carbons (Fsp3) is 0.353. The Hall–Kier alpha value is -2.59. The van der Waals surface area contributed by atoms with Crippen LogP contribution in [0.3, 0.4) is 0 Å². The van der Waals surface area contributed by atoms with E-state index < -0.39 is 0 Å². The SMILES string of the molecule is COc1ccc(-c2nc(CC(=O)NCC(C)C#N)cs2)cc1OC. The van der Waals surface area contributed by atoms with Gasteiger partial charge in [-0.25, -0.2) is 4.98 Å². The zero-order valence-corrected chi connectivity index (χ0v) is 14.6. The first-order chi connectivity index (χ1) is 11.6. The van der Waals surface area contributed by atoms with Gasteiger partial charge in [-0.05, 0) is 25.1 Å². The molecule has 6 nitrogen and oxygen atoms in total. The summed E-state index contributed by atoms with van der Waals surface area (Å²) in [5, 5.41) is 14.1. The van der Waals surface area contributed by atoms with Crippen molar-refractivity contribution in [1.29, 1.82) is 5.26 Å². The van der Waals surface area contributed by atoms with Crippen molar-refractivity contribution < 1.29 is 14.3 Å². The first-order valence-electron chi connectivity index (χ1n) is 7.40. The molecular weight excluding hydrogens is 326 g/mol. The van der Waals surface area contributed by atoms with Gasteiger partial charge in [0.25, 0.3) is 0 Å². The molecule has 126 valence electrons. The first-order valence-corrected chi connectivity index (χ1v) is 8.28. The molecule has 7 heteroatoms. The number of aromatic nitrogens is 1. The van der Waals surface area contributed by atoms with Gasteiger partial charge in [-0.1, -0.05) is 0 Å². The van der Waals surface area contributed by atoms with E-state index in [4.69, 9.17) is 14.7 Å². The number of carbonyl (C=O) groups is 1. The monoisotopic (exact) mass is 345 g/mol. The average molecular weight is 345 g/mol. The Morgan fingerprint density at radius 3 is 2.79 bits per heavy atom. The summed E-state index contributed by atoms with van der Waals surface area (Å²) in [4.78, 5) is 16.4. The van der Waals surface area contributed by atoms with E-state index in [1.807, 2.05) is 23.6 Å². The van der Waals surface area contributed by atoms with E-state index in [-0.39, 0.29) is 18.2 Å². The maximum atomic E-state index is 11.9. The highest BCUT2D eigenvalue weighted by Crippen LogP contribution is 2.33. The molecule has 0 radical (unpaired) electrons. The van der Waals surface area contributed by atoms with Crippen LogP contribution < -0.4 is 14.8 Å². The van der Waals surface area contributed by atoms with Crippen LogP contribution in [0.1, 0.15) is 12.6 Å². The van der Waals surface area contributed by atoms with Crippen molar-refractivity contribution in [3.63, 3.8) is 0 Å². The summed E-state index contributed by atoms with van der Waals surface area (Å²) in [6.45, 7) is 2.11. The number of carbonyl (C=O) groups excluding carboxylic acids is 1. The van der Waals surface area contributed by atoms with E-state index in [1.165, 1.54) is 11.3 Å². The minimum atomic E-state index is -0.202. The summed E-state index contributed by atoms with van der Waals surface area (Å²) in [7, 11) is 3.17. The van der Waals surface area contributed by atoms with Gasteiger partial charge in [0, 0.05) is 17.5 Å². The number of ether oxygens (including phenoxy) is 2. The van der Waals surface area contributed by atoms with Crippen LogP contribution in [-0.2, 0) is 11.2 Å². The molecule has 0 aliphatic rings. The standard InChI is InChI=1S/C17H19N3O3S/c1-11(8-18)9-19-16(21)7-13-10-24-17(20-13)12-4-5-14(22-2)15(6-12)23-3/h4-6,10-11H,7,9H2,1-3H3,(H,19,21). The Morgan fingerprint density at radius 1 is 1.38 bits per heavy atom. The van der Waals surface area contributed by atoms with Gasteiger partial charge < -0.3 is 14.8 Å². The predicted molar refractivity (Wildman–Crippen MR) is 92.1 cm³/mol. The summed E-state index contributed by atoms with van der Waals surface area (Å²) >= 11 is 1.47. The Bertz CT molecular complexity index is 752. The number of amides is 1. The molecule has 0 saturated carbocycles. The summed E-state index contributed by atoms with van der Waals surface area (Å²) in [5.74, 6) is 0.951. The van der Waals surface area contributed by atoms with Crippen LogP contribution in [0.4, 0.5) is 0 Å². The lowest BCUT2D eigenvalue weighted by Gasteiger charge is -2.08. The average Bonchev–Trinajstić information content (AvgIpc) is 3.07. The van der Waals surface area contributed by atoms with Crippen molar-refractivity contribution in [2.45, 2.75) is 13.3 Å². The molecule has 1 amide bonds. The van der Waals surface area contributed by atoms with Crippen LogP contribution in [0.15, 0.2) is 23.6 Å². The van der Waals surface area contributed by atoms with Gasteiger partial charge in [0.2, 0.25) is 5.91 Å². The molecule has 0 bridgehead atoms. The Morgan fingerprint density at radius 2 is 2.12 bits per heavy atom. The molecule has 1 unspecified atom stereocenters. The minimum Gasteiger partial charge on any atom is -0.493 e. The lowest BCUT2D eigenvalue weighted by atomic mass is 10.2.